The van der Waals surface area contributed by atoms with Gasteiger partial charge in [0.25, 0.3) is 5.91 Å². The molecule has 10 heteroatoms. The van der Waals surface area contributed by atoms with Crippen molar-refractivity contribution in [2.45, 2.75) is 22.9 Å². The molecule has 0 spiro atoms. The van der Waals surface area contributed by atoms with Crippen molar-refractivity contribution >= 4 is 35.4 Å². The molecule has 0 heterocycles. The molecule has 0 aliphatic rings. The van der Waals surface area contributed by atoms with Crippen LogP contribution in [0.5, 0.6) is 23.0 Å². The molecule has 0 fully saturated rings. The van der Waals surface area contributed by atoms with Gasteiger partial charge in [0.05, 0.1) is 5.56 Å². The number of carboxylic acids is 1. The number of carbonyl (C=O) groups is 2. The van der Waals surface area contributed by atoms with E-state index in [4.69, 9.17) is 14.6 Å². The van der Waals surface area contributed by atoms with Crippen molar-refractivity contribution in [1.82, 2.24) is 15.1 Å². The van der Waals surface area contributed by atoms with Gasteiger partial charge >= 0.3 is 5.97 Å². The fraction of sp³-hybridized carbons (Fsp3) is 0.257. The summed E-state index contributed by atoms with van der Waals surface area (Å²) in [4.78, 5) is 29.3. The molecule has 0 aliphatic carbocycles. The molecule has 0 atom stereocenters. The zero-order valence-electron chi connectivity index (χ0n) is 26.8. The molecular weight excluding hydrogens is 607 g/mol. The number of benzene rings is 4. The van der Waals surface area contributed by atoms with Crippen LogP contribution < -0.4 is 14.8 Å². The zero-order valence-corrected chi connectivity index (χ0v) is 28.4. The molecule has 0 aliphatic heterocycles. The van der Waals surface area contributed by atoms with E-state index >= 15 is 0 Å². The summed E-state index contributed by atoms with van der Waals surface area (Å²) in [5, 5.41) is 11.8. The summed E-state index contributed by atoms with van der Waals surface area (Å²) in [6.07, 6.45) is 4.07. The average Bonchev–Trinajstić information content (AvgIpc) is 3.02. The quantitative estimate of drug-likeness (QED) is 0.151. The number of carboxylic acid groups (broad SMARTS) is 1. The van der Waals surface area contributed by atoms with Gasteiger partial charge in [0.2, 0.25) is 0 Å². The first-order valence-electron chi connectivity index (χ1n) is 14.2. The van der Waals surface area contributed by atoms with Crippen LogP contribution in [0.1, 0.15) is 31.8 Å². The molecule has 0 bridgehead atoms. The normalized spacial score (nSPS) is 10.7. The lowest BCUT2D eigenvalue weighted by atomic mass is 10.1. The molecule has 2 N–H and O–H groups in total. The van der Waals surface area contributed by atoms with E-state index in [-0.39, 0.29) is 11.5 Å². The van der Waals surface area contributed by atoms with Crippen LogP contribution in [-0.2, 0) is 13.1 Å². The maximum atomic E-state index is 11.8. The first-order valence-corrected chi connectivity index (χ1v) is 16.6. The van der Waals surface area contributed by atoms with Crippen LogP contribution in [0.3, 0.4) is 0 Å². The number of aromatic carboxylic acids is 1. The second-order valence-electron chi connectivity index (χ2n) is 10.6. The van der Waals surface area contributed by atoms with Crippen molar-refractivity contribution < 1.29 is 24.2 Å². The summed E-state index contributed by atoms with van der Waals surface area (Å²) in [5.74, 6) is 1.94. The van der Waals surface area contributed by atoms with Gasteiger partial charge < -0.3 is 29.7 Å². The standard InChI is InChI=1S/C18H22N2O2S.C17H19NO3S/c1-19-18(21)13-5-10-17(14(11-13)12-20(2)3)22-15-6-8-16(23-4)9-7-15;1-18(2)11-13-10-12(17(19)20)4-9-16(13)21-14-5-7-15(22-3)8-6-14/h5-11H,12H2,1-4H3,(H,19,21);4-10H,11H2,1-3H3,(H,19,20). The van der Waals surface area contributed by atoms with E-state index in [0.29, 0.717) is 24.4 Å². The lowest BCUT2D eigenvalue weighted by Gasteiger charge is -2.16. The second kappa shape index (κ2) is 17.5. The molecule has 0 radical (unpaired) electrons. The number of hydrogen-bond donors (Lipinski definition) is 2. The Bertz CT molecular complexity index is 1560. The molecule has 1 amide bonds. The third-order valence-corrected chi connectivity index (χ3v) is 7.89. The van der Waals surface area contributed by atoms with E-state index in [1.54, 1.807) is 54.8 Å². The lowest BCUT2D eigenvalue weighted by Crippen LogP contribution is -2.19. The number of nitrogens with zero attached hydrogens (tertiary/aromatic N) is 2. The Hall–Kier alpha value is -3.96. The van der Waals surface area contributed by atoms with E-state index in [1.165, 1.54) is 9.79 Å². The van der Waals surface area contributed by atoms with Gasteiger partial charge in [-0.15, -0.1) is 23.5 Å². The number of thioether (sulfide) groups is 2. The van der Waals surface area contributed by atoms with E-state index in [0.717, 1.165) is 28.4 Å². The molecule has 4 aromatic carbocycles. The molecule has 0 aromatic heterocycles. The van der Waals surface area contributed by atoms with Gasteiger partial charge in [-0.3, -0.25) is 4.79 Å². The highest BCUT2D eigenvalue weighted by atomic mass is 32.2. The van der Waals surface area contributed by atoms with E-state index < -0.39 is 5.97 Å². The highest BCUT2D eigenvalue weighted by Gasteiger charge is 2.13. The number of ether oxygens (including phenoxy) is 2. The molecule has 4 aromatic rings. The topological polar surface area (TPSA) is 91.3 Å². The van der Waals surface area contributed by atoms with Crippen LogP contribution in [0.25, 0.3) is 0 Å². The van der Waals surface area contributed by atoms with Crippen molar-refractivity contribution in [3.8, 4) is 23.0 Å². The fourth-order valence-corrected chi connectivity index (χ4v) is 5.06. The Labute approximate surface area is 274 Å². The van der Waals surface area contributed by atoms with Crippen molar-refractivity contribution in [2.75, 3.05) is 47.7 Å². The summed E-state index contributed by atoms with van der Waals surface area (Å²) in [6, 6.07) is 26.2. The Balaban J connectivity index is 0.000000246. The van der Waals surface area contributed by atoms with Crippen LogP contribution in [-0.4, -0.2) is 74.5 Å². The van der Waals surface area contributed by atoms with Crippen molar-refractivity contribution in [3.63, 3.8) is 0 Å². The Morgan fingerprint density at radius 3 is 1.42 bits per heavy atom. The smallest absolute Gasteiger partial charge is 0.335 e. The van der Waals surface area contributed by atoms with Crippen LogP contribution in [0.4, 0.5) is 0 Å². The Morgan fingerprint density at radius 1 is 0.667 bits per heavy atom. The molecular formula is C35H41N3O5S2. The Morgan fingerprint density at radius 2 is 1.07 bits per heavy atom. The third kappa shape index (κ3) is 11.2. The largest absolute Gasteiger partial charge is 0.478 e. The van der Waals surface area contributed by atoms with E-state index in [2.05, 4.69) is 5.32 Å². The van der Waals surface area contributed by atoms with Gasteiger partial charge in [0, 0.05) is 46.6 Å². The number of amides is 1. The third-order valence-electron chi connectivity index (χ3n) is 6.40. The SMILES string of the molecule is CNC(=O)c1ccc(Oc2ccc(SC)cc2)c(CN(C)C)c1.CSc1ccc(Oc2ccc(C(=O)O)cc2CN(C)C)cc1. The van der Waals surface area contributed by atoms with Crippen LogP contribution in [0, 0.1) is 0 Å². The van der Waals surface area contributed by atoms with Crippen LogP contribution in [0.2, 0.25) is 0 Å². The number of rotatable bonds is 12. The van der Waals surface area contributed by atoms with Crippen LogP contribution >= 0.6 is 23.5 Å². The molecule has 4 rings (SSSR count). The van der Waals surface area contributed by atoms with E-state index in [1.807, 2.05) is 111 Å². The molecule has 8 nitrogen and oxygen atoms in total. The predicted molar refractivity (Wildman–Crippen MR) is 185 cm³/mol. The summed E-state index contributed by atoms with van der Waals surface area (Å²) in [5.41, 5.74) is 2.72. The molecule has 0 saturated heterocycles. The van der Waals surface area contributed by atoms with Gasteiger partial charge in [0.15, 0.2) is 0 Å². The van der Waals surface area contributed by atoms with Gasteiger partial charge in [-0.1, -0.05) is 0 Å². The summed E-state index contributed by atoms with van der Waals surface area (Å²) >= 11 is 3.37. The van der Waals surface area contributed by atoms with E-state index in [9.17, 15) is 9.59 Å². The minimum absolute atomic E-state index is 0.0964. The number of carbonyl (C=O) groups excluding carboxylic acids is 1. The summed E-state index contributed by atoms with van der Waals surface area (Å²) in [6.45, 7) is 1.31. The first kappa shape index (κ1) is 35.5. The monoisotopic (exact) mass is 647 g/mol. The molecule has 45 heavy (non-hydrogen) atoms. The fourth-order valence-electron chi connectivity index (χ4n) is 4.25. The van der Waals surface area contributed by atoms with Crippen molar-refractivity contribution in [3.05, 3.63) is 107 Å². The summed E-state index contributed by atoms with van der Waals surface area (Å²) in [7, 11) is 9.48. The highest BCUT2D eigenvalue weighted by Crippen LogP contribution is 2.30. The predicted octanol–water partition coefficient (Wildman–Crippen LogP) is 7.58. The summed E-state index contributed by atoms with van der Waals surface area (Å²) < 4.78 is 11.9. The average molecular weight is 648 g/mol. The minimum Gasteiger partial charge on any atom is -0.478 e. The van der Waals surface area contributed by atoms with Crippen molar-refractivity contribution in [1.29, 1.82) is 0 Å². The second-order valence-corrected chi connectivity index (χ2v) is 12.3. The first-order chi connectivity index (χ1) is 21.5. The van der Waals surface area contributed by atoms with Crippen molar-refractivity contribution in [2.24, 2.45) is 0 Å². The maximum Gasteiger partial charge on any atom is 0.335 e. The Kier molecular flexibility index (Phi) is 13.8. The molecule has 238 valence electrons. The highest BCUT2D eigenvalue weighted by molar-refractivity contribution is 7.98. The minimum atomic E-state index is -0.934. The van der Waals surface area contributed by atoms with Crippen LogP contribution in [0.15, 0.2) is 94.7 Å². The molecule has 0 unspecified atom stereocenters. The van der Waals surface area contributed by atoms with Gasteiger partial charge in [0.1, 0.15) is 23.0 Å². The number of hydrogen-bond acceptors (Lipinski definition) is 8. The van der Waals surface area contributed by atoms with Gasteiger partial charge in [-0.25, -0.2) is 4.79 Å². The van der Waals surface area contributed by atoms with Gasteiger partial charge in [-0.2, -0.15) is 0 Å². The van der Waals surface area contributed by atoms with Gasteiger partial charge in [-0.05, 0) is 126 Å². The lowest BCUT2D eigenvalue weighted by molar-refractivity contribution is 0.0696. The molecule has 0 saturated carbocycles. The maximum absolute atomic E-state index is 11.8. The number of nitrogens with one attached hydrogen (secondary N) is 1. The zero-order chi connectivity index (χ0) is 32.9.